The van der Waals surface area contributed by atoms with Crippen molar-refractivity contribution in [2.45, 2.75) is 40.0 Å². The van der Waals surface area contributed by atoms with E-state index in [1.54, 1.807) is 0 Å². The molecule has 0 saturated heterocycles. The Morgan fingerprint density at radius 1 is 1.25 bits per heavy atom. The number of rotatable bonds is 7. The van der Waals surface area contributed by atoms with E-state index in [0.29, 0.717) is 25.4 Å². The molecule has 0 aliphatic heterocycles. The lowest BCUT2D eigenvalue weighted by molar-refractivity contribution is -0.124. The van der Waals surface area contributed by atoms with Crippen LogP contribution in [0.15, 0.2) is 0 Å². The molecule has 0 aromatic heterocycles. The lowest BCUT2D eigenvalue weighted by Crippen LogP contribution is -2.14. The van der Waals surface area contributed by atoms with Gasteiger partial charge in [-0.1, -0.05) is 13.8 Å². The molecular weight excluding hydrogens is 152 g/mol. The third-order valence-corrected chi connectivity index (χ3v) is 2.14. The summed E-state index contributed by atoms with van der Waals surface area (Å²) in [5.41, 5.74) is 0. The molecule has 0 heterocycles. The van der Waals surface area contributed by atoms with Gasteiger partial charge in [0.25, 0.3) is 0 Å². The average molecular weight is 172 g/mol. The van der Waals surface area contributed by atoms with Crippen LogP contribution < -0.4 is 0 Å². The molecule has 0 spiro atoms. The number of ketones is 1. The fourth-order valence-electron chi connectivity index (χ4n) is 1.27. The first-order valence-corrected chi connectivity index (χ1v) is 4.86. The van der Waals surface area contributed by atoms with Gasteiger partial charge in [0.2, 0.25) is 0 Å². The molecule has 0 aromatic rings. The van der Waals surface area contributed by atoms with Crippen LogP contribution in [0.4, 0.5) is 0 Å². The Morgan fingerprint density at radius 3 is 2.25 bits per heavy atom. The van der Waals surface area contributed by atoms with Gasteiger partial charge in [0.1, 0.15) is 5.78 Å². The zero-order valence-corrected chi connectivity index (χ0v) is 8.43. The monoisotopic (exact) mass is 172 g/mol. The van der Waals surface area contributed by atoms with Crippen LogP contribution in [0, 0.1) is 5.92 Å². The molecule has 0 aliphatic carbocycles. The predicted molar refractivity (Wildman–Crippen MR) is 50.2 cm³/mol. The van der Waals surface area contributed by atoms with E-state index in [2.05, 4.69) is 13.8 Å². The molecule has 2 nitrogen and oxygen atoms in total. The van der Waals surface area contributed by atoms with E-state index in [-0.39, 0.29) is 5.92 Å². The van der Waals surface area contributed by atoms with Crippen LogP contribution in [0.25, 0.3) is 0 Å². The molecule has 0 rings (SSSR count). The number of hydrogen-bond acceptors (Lipinski definition) is 2. The van der Waals surface area contributed by atoms with E-state index < -0.39 is 0 Å². The normalized spacial score (nSPS) is 10.7. The molecule has 12 heavy (non-hydrogen) atoms. The van der Waals surface area contributed by atoms with E-state index in [0.717, 1.165) is 12.8 Å². The zero-order valence-electron chi connectivity index (χ0n) is 8.43. The van der Waals surface area contributed by atoms with E-state index in [1.165, 1.54) is 0 Å². The van der Waals surface area contributed by atoms with Crippen LogP contribution in [0.5, 0.6) is 0 Å². The average Bonchev–Trinajstić information content (AvgIpc) is 2.07. The maximum Gasteiger partial charge on any atom is 0.138 e. The molecule has 2 heteroatoms. The van der Waals surface area contributed by atoms with Crippen molar-refractivity contribution in [3.8, 4) is 0 Å². The zero-order chi connectivity index (χ0) is 9.40. The van der Waals surface area contributed by atoms with Gasteiger partial charge >= 0.3 is 0 Å². The Kier molecular flexibility index (Phi) is 7.06. The maximum atomic E-state index is 11.4. The van der Waals surface area contributed by atoms with E-state index in [9.17, 15) is 4.79 Å². The molecular formula is C10H20O2. The van der Waals surface area contributed by atoms with Crippen molar-refractivity contribution in [2.24, 2.45) is 5.92 Å². The summed E-state index contributed by atoms with van der Waals surface area (Å²) in [6.07, 6.45) is 2.50. The van der Waals surface area contributed by atoms with Gasteiger partial charge < -0.3 is 4.74 Å². The minimum Gasteiger partial charge on any atom is -0.381 e. The van der Waals surface area contributed by atoms with Crippen LogP contribution in [-0.2, 0) is 9.53 Å². The molecule has 0 amide bonds. The highest BCUT2D eigenvalue weighted by atomic mass is 16.5. The van der Waals surface area contributed by atoms with E-state index in [4.69, 9.17) is 4.74 Å². The van der Waals surface area contributed by atoms with Crippen LogP contribution in [0.2, 0.25) is 0 Å². The van der Waals surface area contributed by atoms with Crippen LogP contribution >= 0.6 is 0 Å². The second-order valence-corrected chi connectivity index (χ2v) is 2.93. The predicted octanol–water partition coefficient (Wildman–Crippen LogP) is 2.42. The third-order valence-electron chi connectivity index (χ3n) is 2.14. The van der Waals surface area contributed by atoms with Crippen molar-refractivity contribution >= 4 is 5.78 Å². The van der Waals surface area contributed by atoms with Crippen molar-refractivity contribution in [3.63, 3.8) is 0 Å². The van der Waals surface area contributed by atoms with Crippen molar-refractivity contribution in [3.05, 3.63) is 0 Å². The number of carbonyl (C=O) groups is 1. The smallest absolute Gasteiger partial charge is 0.138 e. The quantitative estimate of drug-likeness (QED) is 0.551. The highest BCUT2D eigenvalue weighted by Crippen LogP contribution is 2.10. The summed E-state index contributed by atoms with van der Waals surface area (Å²) in [5.74, 6) is 0.610. The van der Waals surface area contributed by atoms with Crippen LogP contribution in [0.1, 0.15) is 40.0 Å². The second kappa shape index (κ2) is 7.29. The van der Waals surface area contributed by atoms with Gasteiger partial charge in [-0.2, -0.15) is 0 Å². The second-order valence-electron chi connectivity index (χ2n) is 2.93. The Bertz CT molecular complexity index is 117. The molecule has 0 unspecified atom stereocenters. The molecule has 0 N–H and O–H groups in total. The molecule has 0 radical (unpaired) electrons. The fraction of sp³-hybridized carbons (Fsp3) is 0.900. The maximum absolute atomic E-state index is 11.4. The van der Waals surface area contributed by atoms with Gasteiger partial charge in [-0.05, 0) is 19.8 Å². The third kappa shape index (κ3) is 4.50. The first-order chi connectivity index (χ1) is 5.76. The van der Waals surface area contributed by atoms with E-state index >= 15 is 0 Å². The van der Waals surface area contributed by atoms with Crippen LogP contribution in [0.3, 0.4) is 0 Å². The molecule has 0 atom stereocenters. The minimum atomic E-state index is 0.255. The summed E-state index contributed by atoms with van der Waals surface area (Å²) in [6, 6.07) is 0. The number of ether oxygens (including phenoxy) is 1. The molecule has 72 valence electrons. The number of hydrogen-bond donors (Lipinski definition) is 0. The lowest BCUT2D eigenvalue weighted by Gasteiger charge is -2.10. The standard InChI is InChI=1S/C10H20O2/c1-4-9(5-2)10(11)7-8-12-6-3/h9H,4-8H2,1-3H3. The SMILES string of the molecule is CCOCCC(=O)C(CC)CC. The molecule has 0 aliphatic rings. The molecule has 0 aromatic carbocycles. The largest absolute Gasteiger partial charge is 0.381 e. The summed E-state index contributed by atoms with van der Waals surface area (Å²) in [6.45, 7) is 7.36. The minimum absolute atomic E-state index is 0.255. The number of carbonyl (C=O) groups excluding carboxylic acids is 1. The van der Waals surface area contributed by atoms with Gasteiger partial charge in [0.15, 0.2) is 0 Å². The van der Waals surface area contributed by atoms with Crippen molar-refractivity contribution in [2.75, 3.05) is 13.2 Å². The van der Waals surface area contributed by atoms with Gasteiger partial charge in [-0.15, -0.1) is 0 Å². The summed E-state index contributed by atoms with van der Waals surface area (Å²) < 4.78 is 5.12. The Morgan fingerprint density at radius 2 is 1.83 bits per heavy atom. The fourth-order valence-corrected chi connectivity index (χ4v) is 1.27. The Labute approximate surface area is 75.3 Å². The van der Waals surface area contributed by atoms with E-state index in [1.807, 2.05) is 6.92 Å². The van der Waals surface area contributed by atoms with Gasteiger partial charge in [0.05, 0.1) is 6.61 Å². The Hall–Kier alpha value is -0.370. The topological polar surface area (TPSA) is 26.3 Å². The molecule has 0 bridgehead atoms. The van der Waals surface area contributed by atoms with Crippen molar-refractivity contribution in [1.82, 2.24) is 0 Å². The molecule has 0 saturated carbocycles. The number of Topliss-reactive ketones (excluding diaryl/α,β-unsaturated/α-hetero) is 1. The van der Waals surface area contributed by atoms with Gasteiger partial charge in [-0.3, -0.25) is 4.79 Å². The van der Waals surface area contributed by atoms with Gasteiger partial charge in [-0.25, -0.2) is 0 Å². The first kappa shape index (κ1) is 11.6. The van der Waals surface area contributed by atoms with Crippen molar-refractivity contribution < 1.29 is 9.53 Å². The van der Waals surface area contributed by atoms with Crippen LogP contribution in [-0.4, -0.2) is 19.0 Å². The summed E-state index contributed by atoms with van der Waals surface area (Å²) in [7, 11) is 0. The highest BCUT2D eigenvalue weighted by molar-refractivity contribution is 5.80. The molecule has 0 fully saturated rings. The Balaban J connectivity index is 3.54. The summed E-state index contributed by atoms with van der Waals surface area (Å²) >= 11 is 0. The van der Waals surface area contributed by atoms with Gasteiger partial charge in [0, 0.05) is 18.9 Å². The summed E-state index contributed by atoms with van der Waals surface area (Å²) in [5, 5.41) is 0. The lowest BCUT2D eigenvalue weighted by atomic mass is 9.96. The first-order valence-electron chi connectivity index (χ1n) is 4.86. The summed E-state index contributed by atoms with van der Waals surface area (Å²) in [4.78, 5) is 11.4. The highest BCUT2D eigenvalue weighted by Gasteiger charge is 2.12. The van der Waals surface area contributed by atoms with Crippen molar-refractivity contribution in [1.29, 1.82) is 0 Å².